The van der Waals surface area contributed by atoms with E-state index in [1.807, 2.05) is 23.7 Å². The van der Waals surface area contributed by atoms with E-state index in [-0.39, 0.29) is 0 Å². The van der Waals surface area contributed by atoms with Crippen LogP contribution in [0, 0.1) is 12.8 Å². The van der Waals surface area contributed by atoms with Gasteiger partial charge in [-0.25, -0.2) is 4.68 Å². The number of rotatable bonds is 4. The van der Waals surface area contributed by atoms with Crippen LogP contribution in [0.5, 0.6) is 0 Å². The van der Waals surface area contributed by atoms with Crippen molar-refractivity contribution in [1.82, 2.24) is 20.2 Å². The van der Waals surface area contributed by atoms with Gasteiger partial charge in [-0.15, -0.1) is 5.10 Å². The SMILES string of the molecule is Cc1cc(N)cc(-c2nnnn2CCC2CCCCC2)c1. The lowest BCUT2D eigenvalue weighted by molar-refractivity contribution is 0.318. The molecule has 1 saturated carbocycles. The van der Waals surface area contributed by atoms with E-state index < -0.39 is 0 Å². The number of benzene rings is 1. The third kappa shape index (κ3) is 3.40. The molecule has 0 aliphatic heterocycles. The molecule has 112 valence electrons. The Labute approximate surface area is 125 Å². The van der Waals surface area contributed by atoms with Crippen molar-refractivity contribution in [2.24, 2.45) is 5.92 Å². The number of hydrogen-bond donors (Lipinski definition) is 1. The molecule has 5 nitrogen and oxygen atoms in total. The fraction of sp³-hybridized carbons (Fsp3) is 0.562. The summed E-state index contributed by atoms with van der Waals surface area (Å²) in [6, 6.07) is 5.98. The number of nitrogens with two attached hydrogens (primary N) is 1. The van der Waals surface area contributed by atoms with E-state index in [0.29, 0.717) is 0 Å². The third-order valence-corrected chi connectivity index (χ3v) is 4.36. The summed E-state index contributed by atoms with van der Waals surface area (Å²) in [7, 11) is 0. The van der Waals surface area contributed by atoms with Gasteiger partial charge in [0, 0.05) is 17.8 Å². The van der Waals surface area contributed by atoms with Crippen molar-refractivity contribution in [3.05, 3.63) is 23.8 Å². The van der Waals surface area contributed by atoms with Gasteiger partial charge in [-0.3, -0.25) is 0 Å². The van der Waals surface area contributed by atoms with Crippen LogP contribution in [0.2, 0.25) is 0 Å². The Balaban J connectivity index is 1.74. The Hall–Kier alpha value is -1.91. The lowest BCUT2D eigenvalue weighted by Gasteiger charge is -2.21. The molecule has 5 heteroatoms. The molecule has 1 aliphatic carbocycles. The normalized spacial score (nSPS) is 16.2. The molecular weight excluding hydrogens is 262 g/mol. The smallest absolute Gasteiger partial charge is 0.182 e. The van der Waals surface area contributed by atoms with E-state index >= 15 is 0 Å². The van der Waals surface area contributed by atoms with Gasteiger partial charge in [-0.05, 0) is 53.5 Å². The Morgan fingerprint density at radius 3 is 2.76 bits per heavy atom. The van der Waals surface area contributed by atoms with Gasteiger partial charge < -0.3 is 5.73 Å². The fourth-order valence-corrected chi connectivity index (χ4v) is 3.28. The predicted molar refractivity (Wildman–Crippen MR) is 83.6 cm³/mol. The maximum atomic E-state index is 5.93. The molecule has 0 saturated heterocycles. The van der Waals surface area contributed by atoms with Crippen LogP contribution in [0.25, 0.3) is 11.4 Å². The number of nitrogen functional groups attached to an aromatic ring is 1. The molecule has 0 amide bonds. The minimum atomic E-state index is 0.756. The lowest BCUT2D eigenvalue weighted by atomic mass is 9.87. The average molecular weight is 285 g/mol. The highest BCUT2D eigenvalue weighted by molar-refractivity contribution is 5.62. The van der Waals surface area contributed by atoms with Crippen LogP contribution >= 0.6 is 0 Å². The summed E-state index contributed by atoms with van der Waals surface area (Å²) in [6.07, 6.45) is 8.03. The van der Waals surface area contributed by atoms with Gasteiger partial charge in [0.1, 0.15) is 0 Å². The molecule has 1 fully saturated rings. The molecule has 3 rings (SSSR count). The zero-order valence-corrected chi connectivity index (χ0v) is 12.6. The number of anilines is 1. The molecule has 0 spiro atoms. The Morgan fingerprint density at radius 1 is 1.19 bits per heavy atom. The first-order valence-corrected chi connectivity index (χ1v) is 7.86. The molecule has 1 aliphatic rings. The van der Waals surface area contributed by atoms with Gasteiger partial charge in [0.25, 0.3) is 0 Å². The van der Waals surface area contributed by atoms with Crippen LogP contribution in [-0.4, -0.2) is 20.2 Å². The zero-order chi connectivity index (χ0) is 14.7. The minimum Gasteiger partial charge on any atom is -0.399 e. The standard InChI is InChI=1S/C16H23N5/c1-12-9-14(11-15(17)10-12)16-18-19-20-21(16)8-7-13-5-3-2-4-6-13/h9-11,13H,2-8,17H2,1H3. The van der Waals surface area contributed by atoms with Gasteiger partial charge in [-0.2, -0.15) is 0 Å². The maximum Gasteiger partial charge on any atom is 0.182 e. The second-order valence-corrected chi connectivity index (χ2v) is 6.15. The molecule has 0 bridgehead atoms. The van der Waals surface area contributed by atoms with Crippen LogP contribution < -0.4 is 5.73 Å². The zero-order valence-electron chi connectivity index (χ0n) is 12.6. The topological polar surface area (TPSA) is 69.6 Å². The summed E-state index contributed by atoms with van der Waals surface area (Å²) in [5.74, 6) is 1.65. The summed E-state index contributed by atoms with van der Waals surface area (Å²) < 4.78 is 1.92. The summed E-state index contributed by atoms with van der Waals surface area (Å²) in [6.45, 7) is 2.93. The highest BCUT2D eigenvalue weighted by Gasteiger charge is 2.15. The van der Waals surface area contributed by atoms with Crippen molar-refractivity contribution in [3.63, 3.8) is 0 Å². The van der Waals surface area contributed by atoms with Crippen LogP contribution in [0.3, 0.4) is 0 Å². The molecule has 21 heavy (non-hydrogen) atoms. The Kier molecular flexibility index (Phi) is 4.18. The van der Waals surface area contributed by atoms with Crippen molar-refractivity contribution in [2.45, 2.75) is 52.0 Å². The van der Waals surface area contributed by atoms with Crippen LogP contribution in [0.15, 0.2) is 18.2 Å². The van der Waals surface area contributed by atoms with Gasteiger partial charge in [0.2, 0.25) is 0 Å². The second kappa shape index (κ2) is 6.24. The van der Waals surface area contributed by atoms with Crippen molar-refractivity contribution in [1.29, 1.82) is 0 Å². The molecule has 1 aromatic carbocycles. The number of hydrogen-bond acceptors (Lipinski definition) is 4. The van der Waals surface area contributed by atoms with Crippen molar-refractivity contribution in [3.8, 4) is 11.4 Å². The van der Waals surface area contributed by atoms with E-state index in [4.69, 9.17) is 5.73 Å². The largest absolute Gasteiger partial charge is 0.399 e. The first-order chi connectivity index (χ1) is 10.2. The van der Waals surface area contributed by atoms with Gasteiger partial charge in [-0.1, -0.05) is 32.1 Å². The number of nitrogens with zero attached hydrogens (tertiary/aromatic N) is 4. The average Bonchev–Trinajstić information content (AvgIpc) is 2.93. The molecule has 0 atom stereocenters. The highest BCUT2D eigenvalue weighted by Crippen LogP contribution is 2.27. The molecule has 2 aromatic rings. The van der Waals surface area contributed by atoms with Crippen molar-refractivity contribution < 1.29 is 0 Å². The second-order valence-electron chi connectivity index (χ2n) is 6.15. The van der Waals surface area contributed by atoms with Crippen LogP contribution in [-0.2, 0) is 6.54 Å². The van der Waals surface area contributed by atoms with E-state index in [0.717, 1.165) is 35.1 Å². The highest BCUT2D eigenvalue weighted by atomic mass is 15.5. The van der Waals surface area contributed by atoms with Gasteiger partial charge >= 0.3 is 0 Å². The predicted octanol–water partition coefficient (Wildman–Crippen LogP) is 3.20. The number of tetrazole rings is 1. The molecular formula is C16H23N5. The van der Waals surface area contributed by atoms with Crippen molar-refractivity contribution in [2.75, 3.05) is 5.73 Å². The molecule has 2 N–H and O–H groups in total. The summed E-state index contributed by atoms with van der Waals surface area (Å²) in [4.78, 5) is 0. The van der Waals surface area contributed by atoms with E-state index in [1.54, 1.807) is 0 Å². The molecule has 1 heterocycles. The van der Waals surface area contributed by atoms with Gasteiger partial charge in [0.15, 0.2) is 5.82 Å². The monoisotopic (exact) mass is 285 g/mol. The summed E-state index contributed by atoms with van der Waals surface area (Å²) >= 11 is 0. The first kappa shape index (κ1) is 14.0. The first-order valence-electron chi connectivity index (χ1n) is 7.86. The number of aryl methyl sites for hydroxylation is 2. The summed E-state index contributed by atoms with van der Waals surface area (Å²) in [5.41, 5.74) is 8.82. The molecule has 1 aromatic heterocycles. The third-order valence-electron chi connectivity index (χ3n) is 4.36. The maximum absolute atomic E-state index is 5.93. The van der Waals surface area contributed by atoms with E-state index in [9.17, 15) is 0 Å². The molecule has 0 unspecified atom stereocenters. The van der Waals surface area contributed by atoms with Crippen LogP contribution in [0.1, 0.15) is 44.1 Å². The molecule has 0 radical (unpaired) electrons. The Bertz CT molecular complexity index is 578. The fourth-order valence-electron chi connectivity index (χ4n) is 3.28. The van der Waals surface area contributed by atoms with E-state index in [1.165, 1.54) is 38.5 Å². The quantitative estimate of drug-likeness (QED) is 0.876. The van der Waals surface area contributed by atoms with Crippen molar-refractivity contribution >= 4 is 5.69 Å². The van der Waals surface area contributed by atoms with Gasteiger partial charge in [0.05, 0.1) is 0 Å². The Morgan fingerprint density at radius 2 is 2.00 bits per heavy atom. The van der Waals surface area contributed by atoms with Crippen LogP contribution in [0.4, 0.5) is 5.69 Å². The lowest BCUT2D eigenvalue weighted by Crippen LogP contribution is -2.11. The number of aromatic nitrogens is 4. The minimum absolute atomic E-state index is 0.756. The van der Waals surface area contributed by atoms with E-state index in [2.05, 4.69) is 21.6 Å². The summed E-state index contributed by atoms with van der Waals surface area (Å²) in [5, 5.41) is 12.2.